The van der Waals surface area contributed by atoms with Gasteiger partial charge in [0.15, 0.2) is 0 Å². The van der Waals surface area contributed by atoms with Crippen molar-refractivity contribution in [3.05, 3.63) is 82.5 Å². The van der Waals surface area contributed by atoms with E-state index in [1.807, 2.05) is 54.6 Å². The standard InChI is InChI=1S/C24H19N3O5/c28-23(29)26-24(11-4-12-24)17-9-7-16(8-10-17)21-20(15-5-2-1-3-6-15)19-13-18(27(30)31)14-25-22(19)32-21/h1-3,5-10,13-14,26H,4,11-12H2,(H,28,29). The Balaban J connectivity index is 1.64. The molecule has 5 rings (SSSR count). The molecule has 160 valence electrons. The molecule has 0 radical (unpaired) electrons. The summed E-state index contributed by atoms with van der Waals surface area (Å²) >= 11 is 0. The van der Waals surface area contributed by atoms with E-state index in [0.717, 1.165) is 41.5 Å². The maximum atomic E-state index is 11.3. The number of nitrogens with zero attached hydrogens (tertiary/aromatic N) is 2. The van der Waals surface area contributed by atoms with Gasteiger partial charge in [0.25, 0.3) is 5.69 Å². The van der Waals surface area contributed by atoms with Crippen molar-refractivity contribution >= 4 is 22.9 Å². The number of nitro groups is 1. The lowest BCUT2D eigenvalue weighted by atomic mass is 9.72. The summed E-state index contributed by atoms with van der Waals surface area (Å²) in [4.78, 5) is 26.3. The number of hydrogen-bond acceptors (Lipinski definition) is 5. The highest BCUT2D eigenvalue weighted by Gasteiger charge is 2.40. The van der Waals surface area contributed by atoms with Crippen LogP contribution in [0.25, 0.3) is 33.6 Å². The van der Waals surface area contributed by atoms with Crippen molar-refractivity contribution in [1.29, 1.82) is 0 Å². The minimum Gasteiger partial charge on any atom is -0.465 e. The Hall–Kier alpha value is -4.20. The van der Waals surface area contributed by atoms with E-state index in [2.05, 4.69) is 10.3 Å². The topological polar surface area (TPSA) is 118 Å². The molecule has 8 nitrogen and oxygen atoms in total. The fourth-order valence-electron chi connectivity index (χ4n) is 4.33. The van der Waals surface area contributed by atoms with E-state index < -0.39 is 16.6 Å². The van der Waals surface area contributed by atoms with Crippen LogP contribution in [0.4, 0.5) is 10.5 Å². The van der Waals surface area contributed by atoms with Gasteiger partial charge in [-0.05, 0) is 30.4 Å². The molecule has 1 saturated carbocycles. The zero-order chi connectivity index (χ0) is 22.3. The molecule has 1 fully saturated rings. The van der Waals surface area contributed by atoms with Gasteiger partial charge in [-0.15, -0.1) is 0 Å². The maximum Gasteiger partial charge on any atom is 0.405 e. The van der Waals surface area contributed by atoms with Gasteiger partial charge < -0.3 is 14.8 Å². The highest BCUT2D eigenvalue weighted by Crippen LogP contribution is 2.44. The summed E-state index contributed by atoms with van der Waals surface area (Å²) in [5.41, 5.74) is 2.92. The van der Waals surface area contributed by atoms with Crippen LogP contribution < -0.4 is 5.32 Å². The van der Waals surface area contributed by atoms with E-state index >= 15 is 0 Å². The van der Waals surface area contributed by atoms with Crippen molar-refractivity contribution in [2.24, 2.45) is 0 Å². The number of furan rings is 1. The van der Waals surface area contributed by atoms with Gasteiger partial charge in [-0.2, -0.15) is 0 Å². The van der Waals surface area contributed by atoms with E-state index in [-0.39, 0.29) is 5.69 Å². The Labute approximate surface area is 182 Å². The van der Waals surface area contributed by atoms with Gasteiger partial charge in [-0.3, -0.25) is 10.1 Å². The summed E-state index contributed by atoms with van der Waals surface area (Å²) in [6, 6.07) is 18.6. The number of hydrogen-bond donors (Lipinski definition) is 2. The number of carbonyl (C=O) groups is 1. The quantitative estimate of drug-likeness (QED) is 0.309. The Morgan fingerprint density at radius 3 is 2.41 bits per heavy atom. The summed E-state index contributed by atoms with van der Waals surface area (Å²) in [6.07, 6.45) is 2.63. The van der Waals surface area contributed by atoms with E-state index in [1.54, 1.807) is 0 Å². The lowest BCUT2D eigenvalue weighted by Crippen LogP contribution is -2.50. The summed E-state index contributed by atoms with van der Waals surface area (Å²) in [5.74, 6) is 0.555. The van der Waals surface area contributed by atoms with Gasteiger partial charge in [0.05, 0.1) is 15.8 Å². The number of aromatic nitrogens is 1. The summed E-state index contributed by atoms with van der Waals surface area (Å²) in [5, 5.41) is 23.8. The molecule has 1 aliphatic carbocycles. The molecule has 32 heavy (non-hydrogen) atoms. The highest BCUT2D eigenvalue weighted by molar-refractivity contribution is 6.01. The molecule has 4 aromatic rings. The van der Waals surface area contributed by atoms with Crippen LogP contribution in [0.2, 0.25) is 0 Å². The molecule has 8 heteroatoms. The number of carboxylic acid groups (broad SMARTS) is 1. The predicted molar refractivity (Wildman–Crippen MR) is 118 cm³/mol. The molecule has 0 saturated heterocycles. The molecule has 0 aliphatic heterocycles. The van der Waals surface area contributed by atoms with Crippen LogP contribution in [-0.2, 0) is 5.54 Å². The van der Waals surface area contributed by atoms with Crippen LogP contribution in [0.3, 0.4) is 0 Å². The fourth-order valence-corrected chi connectivity index (χ4v) is 4.33. The van der Waals surface area contributed by atoms with Gasteiger partial charge in [0.1, 0.15) is 12.0 Å². The van der Waals surface area contributed by atoms with Crippen molar-refractivity contribution in [2.45, 2.75) is 24.8 Å². The van der Waals surface area contributed by atoms with Crippen molar-refractivity contribution in [2.75, 3.05) is 0 Å². The zero-order valence-corrected chi connectivity index (χ0v) is 16.9. The Morgan fingerprint density at radius 1 is 1.09 bits per heavy atom. The third kappa shape index (κ3) is 3.26. The average molecular weight is 429 g/mol. The van der Waals surface area contributed by atoms with Gasteiger partial charge in [0.2, 0.25) is 5.71 Å². The Kier molecular flexibility index (Phi) is 4.62. The molecule has 0 atom stereocenters. The van der Waals surface area contributed by atoms with Crippen molar-refractivity contribution in [3.63, 3.8) is 0 Å². The molecule has 0 unspecified atom stereocenters. The van der Waals surface area contributed by atoms with Crippen molar-refractivity contribution in [1.82, 2.24) is 10.3 Å². The van der Waals surface area contributed by atoms with Gasteiger partial charge in [0, 0.05) is 17.2 Å². The van der Waals surface area contributed by atoms with Gasteiger partial charge >= 0.3 is 6.09 Å². The molecular formula is C24H19N3O5. The largest absolute Gasteiger partial charge is 0.465 e. The van der Waals surface area contributed by atoms with E-state index in [4.69, 9.17) is 4.42 Å². The minimum atomic E-state index is -1.04. The number of benzene rings is 2. The average Bonchev–Trinajstić information content (AvgIpc) is 3.15. The first-order valence-corrected chi connectivity index (χ1v) is 10.2. The van der Waals surface area contributed by atoms with Crippen molar-refractivity contribution < 1.29 is 19.2 Å². The molecule has 2 N–H and O–H groups in total. The maximum absolute atomic E-state index is 11.3. The summed E-state index contributed by atoms with van der Waals surface area (Å²) in [6.45, 7) is 0. The lowest BCUT2D eigenvalue weighted by molar-refractivity contribution is -0.385. The van der Waals surface area contributed by atoms with E-state index in [1.165, 1.54) is 12.3 Å². The molecule has 2 heterocycles. The van der Waals surface area contributed by atoms with Crippen LogP contribution in [0, 0.1) is 10.1 Å². The summed E-state index contributed by atoms with van der Waals surface area (Å²) in [7, 11) is 0. The first-order valence-electron chi connectivity index (χ1n) is 10.2. The van der Waals surface area contributed by atoms with Crippen molar-refractivity contribution in [3.8, 4) is 22.5 Å². The fraction of sp³-hybridized carbons (Fsp3) is 0.167. The Bertz CT molecular complexity index is 1330. The zero-order valence-electron chi connectivity index (χ0n) is 16.9. The first-order chi connectivity index (χ1) is 15.5. The SMILES string of the molecule is O=C(O)NC1(c2ccc(-c3oc4ncc([N+](=O)[O-])cc4c3-c3ccccc3)cc2)CCC1. The van der Waals surface area contributed by atoms with E-state index in [0.29, 0.717) is 16.9 Å². The van der Waals surface area contributed by atoms with Crippen LogP contribution >= 0.6 is 0 Å². The second kappa shape index (κ2) is 7.49. The van der Waals surface area contributed by atoms with Gasteiger partial charge in [-0.1, -0.05) is 54.6 Å². The molecule has 0 bridgehead atoms. The van der Waals surface area contributed by atoms with Crippen LogP contribution in [0.5, 0.6) is 0 Å². The second-order valence-corrected chi connectivity index (χ2v) is 7.92. The molecule has 1 aliphatic rings. The Morgan fingerprint density at radius 2 is 1.81 bits per heavy atom. The third-order valence-electron chi connectivity index (χ3n) is 6.06. The molecule has 0 spiro atoms. The normalized spacial score (nSPS) is 14.6. The smallest absolute Gasteiger partial charge is 0.405 e. The number of pyridine rings is 1. The minimum absolute atomic E-state index is 0.107. The molecule has 1 amide bonds. The molecular weight excluding hydrogens is 410 g/mol. The number of fused-ring (bicyclic) bond motifs is 1. The first kappa shape index (κ1) is 19.7. The molecule has 2 aromatic carbocycles. The van der Waals surface area contributed by atoms with Crippen LogP contribution in [0.15, 0.2) is 71.3 Å². The van der Waals surface area contributed by atoms with E-state index in [9.17, 15) is 20.0 Å². The molecule has 2 aromatic heterocycles. The number of rotatable bonds is 5. The van der Waals surface area contributed by atoms with Gasteiger partial charge in [-0.25, -0.2) is 9.78 Å². The highest BCUT2D eigenvalue weighted by atomic mass is 16.6. The third-order valence-corrected chi connectivity index (χ3v) is 6.06. The summed E-state index contributed by atoms with van der Waals surface area (Å²) < 4.78 is 6.06. The number of nitrogens with one attached hydrogen (secondary N) is 1. The second-order valence-electron chi connectivity index (χ2n) is 7.92. The van der Waals surface area contributed by atoms with Crippen LogP contribution in [0.1, 0.15) is 24.8 Å². The lowest BCUT2D eigenvalue weighted by Gasteiger charge is -2.42. The monoisotopic (exact) mass is 429 g/mol. The number of amides is 1. The predicted octanol–water partition coefficient (Wildman–Crippen LogP) is 5.72. The van der Waals surface area contributed by atoms with Crippen LogP contribution in [-0.4, -0.2) is 21.1 Å².